The van der Waals surface area contributed by atoms with Crippen LogP contribution in [0.1, 0.15) is 35.3 Å². The first-order valence-electron chi connectivity index (χ1n) is 7.97. The molecular weight excluding hydrogens is 321 g/mol. The summed E-state index contributed by atoms with van der Waals surface area (Å²) in [5.41, 5.74) is 0.0936. The highest BCUT2D eigenvalue weighted by Gasteiger charge is 2.35. The lowest BCUT2D eigenvalue weighted by atomic mass is 9.99. The molecule has 3 rings (SSSR count). The highest BCUT2D eigenvalue weighted by molar-refractivity contribution is 5.10. The molecule has 0 bridgehead atoms. The zero-order chi connectivity index (χ0) is 17.5. The number of alkyl halides is 3. The Morgan fingerprint density at radius 3 is 2.71 bits per heavy atom. The second-order valence-electron chi connectivity index (χ2n) is 6.54. The van der Waals surface area contributed by atoms with Gasteiger partial charge in [0.1, 0.15) is 11.6 Å². The van der Waals surface area contributed by atoms with E-state index in [4.69, 9.17) is 4.42 Å². The van der Waals surface area contributed by atoms with Crippen molar-refractivity contribution in [1.29, 1.82) is 0 Å². The van der Waals surface area contributed by atoms with Crippen LogP contribution in [0.5, 0.6) is 0 Å². The van der Waals surface area contributed by atoms with Gasteiger partial charge in [-0.1, -0.05) is 0 Å². The predicted octanol–water partition coefficient (Wildman–Crippen LogP) is 3.20. The summed E-state index contributed by atoms with van der Waals surface area (Å²) < 4.78 is 45.5. The van der Waals surface area contributed by atoms with E-state index < -0.39 is 11.9 Å². The first kappa shape index (κ1) is 17.0. The summed E-state index contributed by atoms with van der Waals surface area (Å²) in [7, 11) is 1.97. The van der Waals surface area contributed by atoms with Gasteiger partial charge in [-0.3, -0.25) is 4.90 Å². The molecule has 0 N–H and O–H groups in total. The Kier molecular flexibility index (Phi) is 4.42. The minimum Gasteiger partial charge on any atom is -0.444 e. The van der Waals surface area contributed by atoms with Gasteiger partial charge in [0.05, 0.1) is 12.2 Å². The van der Waals surface area contributed by atoms with Crippen molar-refractivity contribution in [2.45, 2.75) is 46.0 Å². The molecule has 1 aliphatic heterocycles. The van der Waals surface area contributed by atoms with Crippen molar-refractivity contribution >= 4 is 0 Å². The van der Waals surface area contributed by atoms with Crippen LogP contribution in [0.2, 0.25) is 0 Å². The largest absolute Gasteiger partial charge is 0.444 e. The van der Waals surface area contributed by atoms with Crippen LogP contribution in [0.3, 0.4) is 0 Å². The fraction of sp³-hybridized carbons (Fsp3) is 0.625. The summed E-state index contributed by atoms with van der Waals surface area (Å²) >= 11 is 0. The number of imidazole rings is 1. The Morgan fingerprint density at radius 2 is 2.08 bits per heavy atom. The average Bonchev–Trinajstić information content (AvgIpc) is 3.02. The molecular formula is C16H21F3N4O. The Morgan fingerprint density at radius 1 is 1.33 bits per heavy atom. The number of aromatic nitrogens is 3. The van der Waals surface area contributed by atoms with Crippen LogP contribution in [-0.2, 0) is 25.7 Å². The van der Waals surface area contributed by atoms with Crippen LogP contribution >= 0.6 is 0 Å². The van der Waals surface area contributed by atoms with Gasteiger partial charge >= 0.3 is 6.18 Å². The normalized spacial score (nSPS) is 18.2. The Balaban J connectivity index is 1.60. The highest BCUT2D eigenvalue weighted by atomic mass is 19.4. The lowest BCUT2D eigenvalue weighted by Gasteiger charge is -2.27. The maximum absolute atomic E-state index is 12.8. The fourth-order valence-electron chi connectivity index (χ4n) is 3.14. The Bertz CT molecular complexity index is 700. The molecule has 1 atom stereocenters. The van der Waals surface area contributed by atoms with E-state index in [-0.39, 0.29) is 5.92 Å². The molecule has 0 spiro atoms. The van der Waals surface area contributed by atoms with E-state index in [0.717, 1.165) is 30.6 Å². The summed E-state index contributed by atoms with van der Waals surface area (Å²) in [5.74, 6) is 2.31. The topological polar surface area (TPSA) is 47.1 Å². The molecule has 0 radical (unpaired) electrons. The van der Waals surface area contributed by atoms with Gasteiger partial charge in [-0.05, 0) is 33.2 Å². The van der Waals surface area contributed by atoms with E-state index in [1.54, 1.807) is 4.57 Å². The molecule has 132 valence electrons. The summed E-state index contributed by atoms with van der Waals surface area (Å²) in [6, 6.07) is 0. The molecule has 2 aromatic rings. The molecule has 0 amide bonds. The average molecular weight is 342 g/mol. The lowest BCUT2D eigenvalue weighted by Crippen LogP contribution is -2.31. The van der Waals surface area contributed by atoms with E-state index in [1.165, 1.54) is 0 Å². The van der Waals surface area contributed by atoms with Gasteiger partial charge in [0.15, 0.2) is 5.69 Å². The van der Waals surface area contributed by atoms with Crippen LogP contribution in [0, 0.1) is 19.8 Å². The van der Waals surface area contributed by atoms with Gasteiger partial charge in [-0.2, -0.15) is 13.2 Å². The predicted molar refractivity (Wildman–Crippen MR) is 81.4 cm³/mol. The first-order valence-corrected chi connectivity index (χ1v) is 7.97. The van der Waals surface area contributed by atoms with Crippen LogP contribution in [0.4, 0.5) is 13.2 Å². The third kappa shape index (κ3) is 3.63. The van der Waals surface area contributed by atoms with E-state index >= 15 is 0 Å². The van der Waals surface area contributed by atoms with Crippen molar-refractivity contribution in [2.24, 2.45) is 5.92 Å². The highest BCUT2D eigenvalue weighted by Crippen LogP contribution is 2.30. The van der Waals surface area contributed by atoms with Crippen molar-refractivity contribution < 1.29 is 17.6 Å². The first-order chi connectivity index (χ1) is 11.2. The Hall–Kier alpha value is -1.83. The lowest BCUT2D eigenvalue weighted by molar-refractivity contribution is -0.141. The van der Waals surface area contributed by atoms with Crippen LogP contribution < -0.4 is 0 Å². The third-order valence-electron chi connectivity index (χ3n) is 4.43. The summed E-state index contributed by atoms with van der Waals surface area (Å²) in [6.45, 7) is 5.72. The van der Waals surface area contributed by atoms with Gasteiger partial charge < -0.3 is 8.98 Å². The van der Waals surface area contributed by atoms with Gasteiger partial charge in [-0.15, -0.1) is 0 Å². The monoisotopic (exact) mass is 342 g/mol. The number of nitrogens with zero attached hydrogens (tertiary/aromatic N) is 4. The molecule has 24 heavy (non-hydrogen) atoms. The van der Waals surface area contributed by atoms with E-state index in [1.807, 2.05) is 20.9 Å². The number of rotatable bonds is 4. The maximum Gasteiger partial charge on any atom is 0.434 e. The molecule has 0 saturated heterocycles. The zero-order valence-electron chi connectivity index (χ0n) is 14.0. The zero-order valence-corrected chi connectivity index (χ0v) is 14.0. The molecule has 0 saturated carbocycles. The molecule has 8 heteroatoms. The van der Waals surface area contributed by atoms with Gasteiger partial charge in [-0.25, -0.2) is 9.97 Å². The van der Waals surface area contributed by atoms with Crippen molar-refractivity contribution in [1.82, 2.24) is 19.4 Å². The molecule has 0 aromatic carbocycles. The van der Waals surface area contributed by atoms with Gasteiger partial charge in [0, 0.05) is 25.7 Å². The molecule has 3 heterocycles. The quantitative estimate of drug-likeness (QED) is 0.856. The molecule has 5 nitrogen and oxygen atoms in total. The van der Waals surface area contributed by atoms with E-state index in [0.29, 0.717) is 31.2 Å². The number of aryl methyl sites for hydroxylation is 3. The van der Waals surface area contributed by atoms with Crippen molar-refractivity contribution in [3.63, 3.8) is 0 Å². The number of hydrogen-bond acceptors (Lipinski definition) is 4. The minimum atomic E-state index is -4.38. The van der Waals surface area contributed by atoms with Crippen LogP contribution in [0.15, 0.2) is 10.6 Å². The van der Waals surface area contributed by atoms with Gasteiger partial charge in [0.25, 0.3) is 0 Å². The van der Waals surface area contributed by atoms with Crippen LogP contribution in [0.25, 0.3) is 0 Å². The summed E-state index contributed by atoms with van der Waals surface area (Å²) in [4.78, 5) is 10.2. The van der Waals surface area contributed by atoms with Crippen molar-refractivity contribution in [3.8, 4) is 0 Å². The Labute approximate surface area is 138 Å². The summed E-state index contributed by atoms with van der Waals surface area (Å²) in [5, 5.41) is 0. The molecule has 2 aromatic heterocycles. The van der Waals surface area contributed by atoms with E-state index in [9.17, 15) is 13.2 Å². The van der Waals surface area contributed by atoms with Crippen molar-refractivity contribution in [2.75, 3.05) is 13.6 Å². The standard InChI is InChI=1S/C16H21F3N4O/c1-10-11(2)24-15(20-10)9-22(3)6-12-4-5-14-21-13(16(17,18)19)8-23(14)7-12/h8,12H,4-7,9H2,1-3H3/t12-/m1/s1. The van der Waals surface area contributed by atoms with Crippen LogP contribution in [-0.4, -0.2) is 33.0 Å². The number of hydrogen-bond donors (Lipinski definition) is 0. The van der Waals surface area contributed by atoms with E-state index in [2.05, 4.69) is 14.9 Å². The molecule has 1 aliphatic rings. The number of oxazole rings is 1. The molecule has 0 fully saturated rings. The summed E-state index contributed by atoms with van der Waals surface area (Å²) in [6.07, 6.45) is -1.84. The number of halogens is 3. The second-order valence-corrected chi connectivity index (χ2v) is 6.54. The fourth-order valence-corrected chi connectivity index (χ4v) is 3.14. The smallest absolute Gasteiger partial charge is 0.434 e. The molecule has 0 aliphatic carbocycles. The molecule has 0 unspecified atom stereocenters. The van der Waals surface area contributed by atoms with Gasteiger partial charge in [0.2, 0.25) is 5.89 Å². The third-order valence-corrected chi connectivity index (χ3v) is 4.43. The number of fused-ring (bicyclic) bond motifs is 1. The SMILES string of the molecule is Cc1nc(CN(C)C[C@H]2CCc3nc(C(F)(F)F)cn3C2)oc1C. The second kappa shape index (κ2) is 6.23. The van der Waals surface area contributed by atoms with Crippen molar-refractivity contribution in [3.05, 3.63) is 35.1 Å². The maximum atomic E-state index is 12.8. The minimum absolute atomic E-state index is 0.287.